The minimum Gasteiger partial charge on any atom is -0.333 e. The molecule has 3 aromatic rings. The van der Waals surface area contributed by atoms with Crippen molar-refractivity contribution in [2.45, 2.75) is 18.9 Å². The fraction of sp³-hybridized carbons (Fsp3) is 0.278. The van der Waals surface area contributed by atoms with Crippen molar-refractivity contribution in [3.05, 3.63) is 66.1 Å². The molecular weight excluding hydrogens is 307 g/mol. The molecule has 1 aliphatic carbocycles. The third kappa shape index (κ3) is 2.54. The predicted octanol–water partition coefficient (Wildman–Crippen LogP) is 3.09. The molecule has 1 saturated carbocycles. The van der Waals surface area contributed by atoms with E-state index in [2.05, 4.69) is 9.97 Å². The highest BCUT2D eigenvalue weighted by atomic mass is 19.1. The minimum absolute atomic E-state index is 0.0740. The van der Waals surface area contributed by atoms with Crippen molar-refractivity contribution in [3.8, 4) is 0 Å². The lowest BCUT2D eigenvalue weighted by molar-refractivity contribution is 0.0706. The molecule has 2 heterocycles. The molecule has 0 bridgehead atoms. The van der Waals surface area contributed by atoms with Crippen LogP contribution in [0.25, 0.3) is 5.65 Å². The van der Waals surface area contributed by atoms with E-state index in [1.165, 1.54) is 12.1 Å². The van der Waals surface area contributed by atoms with Crippen LogP contribution >= 0.6 is 0 Å². The van der Waals surface area contributed by atoms with E-state index in [1.807, 2.05) is 0 Å². The molecule has 0 aliphatic heterocycles. The van der Waals surface area contributed by atoms with Crippen molar-refractivity contribution in [1.82, 2.24) is 19.3 Å². The van der Waals surface area contributed by atoms with Crippen LogP contribution in [0.1, 0.15) is 34.9 Å². The van der Waals surface area contributed by atoms with Gasteiger partial charge in [-0.15, -0.1) is 0 Å². The molecule has 0 radical (unpaired) electrons. The Morgan fingerprint density at radius 1 is 1.21 bits per heavy atom. The molecule has 2 aromatic heterocycles. The number of halogens is 1. The number of benzene rings is 1. The Morgan fingerprint density at radius 2 is 1.88 bits per heavy atom. The molecule has 0 N–H and O–H groups in total. The van der Waals surface area contributed by atoms with Gasteiger partial charge in [-0.25, -0.2) is 14.4 Å². The largest absolute Gasteiger partial charge is 0.333 e. The Morgan fingerprint density at radius 3 is 2.54 bits per heavy atom. The lowest BCUT2D eigenvalue weighted by atomic mass is 10.0. The fourth-order valence-corrected chi connectivity index (χ4v) is 3.18. The van der Waals surface area contributed by atoms with Gasteiger partial charge in [0.1, 0.15) is 5.82 Å². The molecule has 0 spiro atoms. The summed E-state index contributed by atoms with van der Waals surface area (Å²) in [6.07, 6.45) is 8.93. The summed E-state index contributed by atoms with van der Waals surface area (Å²) in [5.74, 6) is -0.0389. The number of amides is 1. The third-order valence-corrected chi connectivity index (χ3v) is 4.53. The van der Waals surface area contributed by atoms with E-state index in [9.17, 15) is 9.18 Å². The van der Waals surface area contributed by atoms with Gasteiger partial charge in [-0.1, -0.05) is 12.1 Å². The molecule has 122 valence electrons. The van der Waals surface area contributed by atoms with E-state index in [1.54, 1.807) is 53.3 Å². The zero-order chi connectivity index (χ0) is 16.7. The number of nitrogens with zero attached hydrogens (tertiary/aromatic N) is 4. The molecular formula is C18H17FN4O. The summed E-state index contributed by atoms with van der Waals surface area (Å²) in [5.41, 5.74) is 1.82. The van der Waals surface area contributed by atoms with Gasteiger partial charge in [-0.3, -0.25) is 4.79 Å². The molecule has 4 rings (SSSR count). The maximum absolute atomic E-state index is 13.2. The summed E-state index contributed by atoms with van der Waals surface area (Å²) in [5, 5.41) is 0. The first kappa shape index (κ1) is 14.8. The number of fused-ring (bicyclic) bond motifs is 1. The highest BCUT2D eigenvalue weighted by Crippen LogP contribution is 2.44. The molecule has 1 atom stereocenters. The van der Waals surface area contributed by atoms with Crippen LogP contribution in [0.4, 0.5) is 4.39 Å². The first-order valence-electron chi connectivity index (χ1n) is 7.95. The maximum Gasteiger partial charge on any atom is 0.276 e. The van der Waals surface area contributed by atoms with E-state index in [0.717, 1.165) is 18.4 Å². The van der Waals surface area contributed by atoms with E-state index in [0.29, 0.717) is 17.3 Å². The summed E-state index contributed by atoms with van der Waals surface area (Å²) in [6, 6.07) is 6.32. The lowest BCUT2D eigenvalue weighted by Crippen LogP contribution is -2.33. The topological polar surface area (TPSA) is 50.5 Å². The highest BCUT2D eigenvalue weighted by molar-refractivity contribution is 5.97. The molecule has 0 saturated heterocycles. The quantitative estimate of drug-likeness (QED) is 0.741. The van der Waals surface area contributed by atoms with Crippen molar-refractivity contribution in [2.75, 3.05) is 7.05 Å². The lowest BCUT2D eigenvalue weighted by Gasteiger charge is -2.28. The Labute approximate surface area is 138 Å². The second-order valence-corrected chi connectivity index (χ2v) is 6.18. The van der Waals surface area contributed by atoms with Gasteiger partial charge < -0.3 is 9.30 Å². The van der Waals surface area contributed by atoms with Crippen molar-refractivity contribution in [2.24, 2.45) is 5.92 Å². The first-order chi connectivity index (χ1) is 11.6. The Hall–Kier alpha value is -2.76. The summed E-state index contributed by atoms with van der Waals surface area (Å²) >= 11 is 0. The van der Waals surface area contributed by atoms with Gasteiger partial charge in [-0.2, -0.15) is 0 Å². The monoisotopic (exact) mass is 324 g/mol. The molecule has 6 heteroatoms. The standard InChI is InChI=1S/C18H17FN4O/c1-22(16(12-2-3-12)13-4-6-14(19)7-5-13)18(24)15-17-21-9-11-23(17)10-8-20-15/h4-12,16H,2-3H2,1H3/t16-/m0/s1. The van der Waals surface area contributed by atoms with Gasteiger partial charge in [0.2, 0.25) is 0 Å². The van der Waals surface area contributed by atoms with Crippen molar-refractivity contribution in [3.63, 3.8) is 0 Å². The molecule has 1 aromatic carbocycles. The van der Waals surface area contributed by atoms with Gasteiger partial charge in [0, 0.05) is 31.8 Å². The molecule has 1 aliphatic rings. The van der Waals surface area contributed by atoms with E-state index in [4.69, 9.17) is 0 Å². The third-order valence-electron chi connectivity index (χ3n) is 4.53. The molecule has 1 amide bonds. The van der Waals surface area contributed by atoms with Crippen molar-refractivity contribution >= 4 is 11.6 Å². The van der Waals surface area contributed by atoms with Crippen LogP contribution in [0.2, 0.25) is 0 Å². The average molecular weight is 324 g/mol. The SMILES string of the molecule is CN(C(=O)c1nccn2ccnc12)[C@H](c1ccc(F)cc1)C1CC1. The van der Waals surface area contributed by atoms with Crippen LogP contribution in [-0.4, -0.2) is 32.2 Å². The van der Waals surface area contributed by atoms with Gasteiger partial charge in [-0.05, 0) is 36.5 Å². The zero-order valence-corrected chi connectivity index (χ0v) is 13.3. The molecule has 1 fully saturated rings. The normalized spacial score (nSPS) is 15.4. The van der Waals surface area contributed by atoms with Crippen LogP contribution in [0.15, 0.2) is 49.1 Å². The highest BCUT2D eigenvalue weighted by Gasteiger charge is 2.37. The number of hydrogen-bond acceptors (Lipinski definition) is 3. The second kappa shape index (κ2) is 5.70. The van der Waals surface area contributed by atoms with Gasteiger partial charge in [0.05, 0.1) is 6.04 Å². The van der Waals surface area contributed by atoms with Crippen LogP contribution in [-0.2, 0) is 0 Å². The van der Waals surface area contributed by atoms with Crippen LogP contribution < -0.4 is 0 Å². The number of carbonyl (C=O) groups is 1. The van der Waals surface area contributed by atoms with Crippen molar-refractivity contribution in [1.29, 1.82) is 0 Å². The van der Waals surface area contributed by atoms with Gasteiger partial charge in [0.25, 0.3) is 5.91 Å². The smallest absolute Gasteiger partial charge is 0.276 e. The maximum atomic E-state index is 13.2. The minimum atomic E-state index is -0.272. The summed E-state index contributed by atoms with van der Waals surface area (Å²) in [7, 11) is 1.78. The molecule has 5 nitrogen and oxygen atoms in total. The number of carbonyl (C=O) groups excluding carboxylic acids is 1. The number of hydrogen-bond donors (Lipinski definition) is 0. The Kier molecular flexibility index (Phi) is 3.52. The summed E-state index contributed by atoms with van der Waals surface area (Å²) in [6.45, 7) is 0. The predicted molar refractivity (Wildman–Crippen MR) is 86.9 cm³/mol. The van der Waals surface area contributed by atoms with Gasteiger partial charge >= 0.3 is 0 Å². The Bertz CT molecular complexity index is 885. The van der Waals surface area contributed by atoms with Crippen LogP contribution in [0, 0.1) is 11.7 Å². The zero-order valence-electron chi connectivity index (χ0n) is 13.3. The second-order valence-electron chi connectivity index (χ2n) is 6.18. The van der Waals surface area contributed by atoms with E-state index >= 15 is 0 Å². The summed E-state index contributed by atoms with van der Waals surface area (Å²) < 4.78 is 15.0. The molecule has 24 heavy (non-hydrogen) atoms. The number of imidazole rings is 1. The molecule has 0 unspecified atom stereocenters. The average Bonchev–Trinajstić information content (AvgIpc) is 3.30. The first-order valence-corrected chi connectivity index (χ1v) is 7.95. The van der Waals surface area contributed by atoms with Crippen molar-refractivity contribution < 1.29 is 9.18 Å². The van der Waals surface area contributed by atoms with Crippen LogP contribution in [0.3, 0.4) is 0 Å². The fourth-order valence-electron chi connectivity index (χ4n) is 3.18. The number of aromatic nitrogens is 3. The van der Waals surface area contributed by atoms with Gasteiger partial charge in [0.15, 0.2) is 11.3 Å². The van der Waals surface area contributed by atoms with E-state index in [-0.39, 0.29) is 17.8 Å². The summed E-state index contributed by atoms with van der Waals surface area (Å²) in [4.78, 5) is 23.2. The van der Waals surface area contributed by atoms with E-state index < -0.39 is 0 Å². The number of rotatable bonds is 4. The van der Waals surface area contributed by atoms with Crippen LogP contribution in [0.5, 0.6) is 0 Å². The Balaban J connectivity index is 1.70.